The number of aromatic nitrogens is 2. The first kappa shape index (κ1) is 17.8. The average Bonchev–Trinajstić information content (AvgIpc) is 3.09. The molecule has 0 atom stereocenters. The monoisotopic (exact) mass is 371 g/mol. The summed E-state index contributed by atoms with van der Waals surface area (Å²) in [5, 5.41) is 7.75. The zero-order valence-electron chi connectivity index (χ0n) is 14.4. The van der Waals surface area contributed by atoms with Gasteiger partial charge in [-0.1, -0.05) is 29.8 Å². The molecule has 1 aromatic heterocycles. The van der Waals surface area contributed by atoms with Crippen LogP contribution in [-0.2, 0) is 6.54 Å². The van der Waals surface area contributed by atoms with E-state index >= 15 is 0 Å². The SMILES string of the molecule is COc1ccc(C(=O)Nc2cnn(Cc3ccccc3Cl)c2)cc1OC. The second-order valence-electron chi connectivity index (χ2n) is 5.54. The summed E-state index contributed by atoms with van der Waals surface area (Å²) in [5.41, 5.74) is 2.01. The normalized spacial score (nSPS) is 10.4. The van der Waals surface area contributed by atoms with Gasteiger partial charge in [0.2, 0.25) is 0 Å². The van der Waals surface area contributed by atoms with Crippen molar-refractivity contribution in [3.05, 3.63) is 71.0 Å². The molecule has 0 unspecified atom stereocenters. The van der Waals surface area contributed by atoms with Gasteiger partial charge < -0.3 is 14.8 Å². The Balaban J connectivity index is 1.71. The molecule has 2 aromatic carbocycles. The highest BCUT2D eigenvalue weighted by Crippen LogP contribution is 2.27. The van der Waals surface area contributed by atoms with Crippen LogP contribution >= 0.6 is 11.6 Å². The van der Waals surface area contributed by atoms with Crippen LogP contribution in [0.5, 0.6) is 11.5 Å². The molecular formula is C19H18ClN3O3. The Kier molecular flexibility index (Phi) is 5.43. The first-order valence-electron chi connectivity index (χ1n) is 7.90. The Hall–Kier alpha value is -2.99. The Morgan fingerprint density at radius 3 is 2.65 bits per heavy atom. The van der Waals surface area contributed by atoms with E-state index in [1.165, 1.54) is 7.11 Å². The zero-order chi connectivity index (χ0) is 18.5. The van der Waals surface area contributed by atoms with Crippen LogP contribution in [0.25, 0.3) is 0 Å². The Morgan fingerprint density at radius 2 is 1.92 bits per heavy atom. The van der Waals surface area contributed by atoms with Gasteiger partial charge in [-0.05, 0) is 29.8 Å². The van der Waals surface area contributed by atoms with E-state index in [-0.39, 0.29) is 5.91 Å². The fraction of sp³-hybridized carbons (Fsp3) is 0.158. The second kappa shape index (κ2) is 7.93. The molecule has 0 fully saturated rings. The number of rotatable bonds is 6. The van der Waals surface area contributed by atoms with Gasteiger partial charge >= 0.3 is 0 Å². The summed E-state index contributed by atoms with van der Waals surface area (Å²) >= 11 is 6.17. The summed E-state index contributed by atoms with van der Waals surface area (Å²) < 4.78 is 12.1. The van der Waals surface area contributed by atoms with Crippen LogP contribution in [0.2, 0.25) is 5.02 Å². The maximum Gasteiger partial charge on any atom is 0.255 e. The van der Waals surface area contributed by atoms with Crippen molar-refractivity contribution < 1.29 is 14.3 Å². The molecule has 1 heterocycles. The maximum absolute atomic E-state index is 12.4. The molecule has 0 aliphatic rings. The van der Waals surface area contributed by atoms with Gasteiger partial charge in [0, 0.05) is 16.8 Å². The number of amides is 1. The summed E-state index contributed by atoms with van der Waals surface area (Å²) in [7, 11) is 3.07. The molecule has 7 heteroatoms. The number of ether oxygens (including phenoxy) is 2. The number of nitrogens with zero attached hydrogens (tertiary/aromatic N) is 2. The average molecular weight is 372 g/mol. The topological polar surface area (TPSA) is 65.4 Å². The Labute approximate surface area is 156 Å². The van der Waals surface area contributed by atoms with Gasteiger partial charge in [-0.3, -0.25) is 9.48 Å². The standard InChI is InChI=1S/C19H18ClN3O3/c1-25-17-8-7-13(9-18(17)26-2)19(24)22-15-10-21-23(12-15)11-14-5-3-4-6-16(14)20/h3-10,12H,11H2,1-2H3,(H,22,24). The minimum Gasteiger partial charge on any atom is -0.493 e. The minimum atomic E-state index is -0.261. The third-order valence-electron chi connectivity index (χ3n) is 3.83. The van der Waals surface area contributed by atoms with E-state index in [2.05, 4.69) is 10.4 Å². The molecule has 1 amide bonds. The van der Waals surface area contributed by atoms with Crippen molar-refractivity contribution in [2.24, 2.45) is 0 Å². The lowest BCUT2D eigenvalue weighted by Gasteiger charge is -2.09. The quantitative estimate of drug-likeness (QED) is 0.714. The number of anilines is 1. The fourth-order valence-corrected chi connectivity index (χ4v) is 2.69. The van der Waals surface area contributed by atoms with Crippen LogP contribution in [0, 0.1) is 0 Å². The highest BCUT2D eigenvalue weighted by molar-refractivity contribution is 6.31. The molecule has 0 radical (unpaired) electrons. The Morgan fingerprint density at radius 1 is 1.15 bits per heavy atom. The van der Waals surface area contributed by atoms with Crippen LogP contribution in [0.1, 0.15) is 15.9 Å². The first-order chi connectivity index (χ1) is 12.6. The van der Waals surface area contributed by atoms with Gasteiger partial charge in [0.25, 0.3) is 5.91 Å². The summed E-state index contributed by atoms with van der Waals surface area (Å²) in [6, 6.07) is 12.6. The van der Waals surface area contributed by atoms with Crippen LogP contribution in [0.15, 0.2) is 54.9 Å². The zero-order valence-corrected chi connectivity index (χ0v) is 15.2. The molecule has 0 spiro atoms. The molecule has 1 N–H and O–H groups in total. The van der Waals surface area contributed by atoms with E-state index in [1.54, 1.807) is 42.4 Å². The number of methoxy groups -OCH3 is 2. The van der Waals surface area contributed by atoms with Crippen molar-refractivity contribution in [2.75, 3.05) is 19.5 Å². The van der Waals surface area contributed by atoms with Gasteiger partial charge in [-0.15, -0.1) is 0 Å². The summed E-state index contributed by atoms with van der Waals surface area (Å²) in [5.74, 6) is 0.800. The molecule has 0 aliphatic heterocycles. The van der Waals surface area contributed by atoms with Crippen molar-refractivity contribution in [1.29, 1.82) is 0 Å². The van der Waals surface area contributed by atoms with E-state index in [0.717, 1.165) is 5.56 Å². The lowest BCUT2D eigenvalue weighted by molar-refractivity contribution is 0.102. The van der Waals surface area contributed by atoms with Gasteiger partial charge in [-0.2, -0.15) is 5.10 Å². The fourth-order valence-electron chi connectivity index (χ4n) is 2.50. The second-order valence-corrected chi connectivity index (χ2v) is 5.95. The number of carbonyl (C=O) groups is 1. The molecule has 3 aromatic rings. The first-order valence-corrected chi connectivity index (χ1v) is 8.27. The maximum atomic E-state index is 12.4. The smallest absolute Gasteiger partial charge is 0.255 e. The number of hydrogen-bond donors (Lipinski definition) is 1. The molecule has 26 heavy (non-hydrogen) atoms. The van der Waals surface area contributed by atoms with Crippen molar-refractivity contribution in [2.45, 2.75) is 6.54 Å². The van der Waals surface area contributed by atoms with Gasteiger partial charge in [0.15, 0.2) is 11.5 Å². The van der Waals surface area contributed by atoms with Crippen molar-refractivity contribution >= 4 is 23.2 Å². The lowest BCUT2D eigenvalue weighted by atomic mass is 10.2. The van der Waals surface area contributed by atoms with Crippen molar-refractivity contribution in [3.8, 4) is 11.5 Å². The molecule has 6 nitrogen and oxygen atoms in total. The lowest BCUT2D eigenvalue weighted by Crippen LogP contribution is -2.11. The van der Waals surface area contributed by atoms with Crippen molar-refractivity contribution in [3.63, 3.8) is 0 Å². The van der Waals surface area contributed by atoms with Gasteiger partial charge in [-0.25, -0.2) is 0 Å². The van der Waals surface area contributed by atoms with E-state index in [0.29, 0.717) is 34.3 Å². The Bertz CT molecular complexity index is 924. The third kappa shape index (κ3) is 3.97. The van der Waals surface area contributed by atoms with E-state index in [9.17, 15) is 4.79 Å². The minimum absolute atomic E-state index is 0.261. The molecule has 0 saturated carbocycles. The van der Waals surface area contributed by atoms with Crippen LogP contribution in [0.3, 0.4) is 0 Å². The predicted octanol–water partition coefficient (Wildman–Crippen LogP) is 3.85. The summed E-state index contributed by atoms with van der Waals surface area (Å²) in [6.45, 7) is 0.520. The van der Waals surface area contributed by atoms with Crippen LogP contribution in [-0.4, -0.2) is 29.9 Å². The summed E-state index contributed by atoms with van der Waals surface area (Å²) in [6.07, 6.45) is 3.34. The molecule has 3 rings (SSSR count). The third-order valence-corrected chi connectivity index (χ3v) is 4.20. The molecular weight excluding hydrogens is 354 g/mol. The predicted molar refractivity (Wildman–Crippen MR) is 100 cm³/mol. The molecule has 0 bridgehead atoms. The summed E-state index contributed by atoms with van der Waals surface area (Å²) in [4.78, 5) is 12.4. The number of halogens is 1. The largest absolute Gasteiger partial charge is 0.493 e. The molecule has 0 aliphatic carbocycles. The molecule has 134 valence electrons. The highest BCUT2D eigenvalue weighted by Gasteiger charge is 2.12. The number of nitrogens with one attached hydrogen (secondary N) is 1. The van der Waals surface area contributed by atoms with Crippen LogP contribution in [0.4, 0.5) is 5.69 Å². The van der Waals surface area contributed by atoms with Gasteiger partial charge in [0.1, 0.15) is 0 Å². The number of carbonyl (C=O) groups excluding carboxylic acids is 1. The van der Waals surface area contributed by atoms with E-state index in [4.69, 9.17) is 21.1 Å². The van der Waals surface area contributed by atoms with E-state index in [1.807, 2.05) is 24.3 Å². The molecule has 0 saturated heterocycles. The van der Waals surface area contributed by atoms with Crippen molar-refractivity contribution in [1.82, 2.24) is 9.78 Å². The highest BCUT2D eigenvalue weighted by atomic mass is 35.5. The van der Waals surface area contributed by atoms with Gasteiger partial charge in [0.05, 0.1) is 32.6 Å². The van der Waals surface area contributed by atoms with E-state index < -0.39 is 0 Å². The number of benzene rings is 2. The number of hydrogen-bond acceptors (Lipinski definition) is 4. The van der Waals surface area contributed by atoms with Crippen LogP contribution < -0.4 is 14.8 Å².